The van der Waals surface area contributed by atoms with E-state index in [1.807, 2.05) is 13.0 Å². The molecule has 1 saturated carbocycles. The Kier molecular flexibility index (Phi) is 7.82. The number of benzene rings is 2. The molecule has 0 aliphatic heterocycles. The zero-order chi connectivity index (χ0) is 19.0. The van der Waals surface area contributed by atoms with Crippen molar-refractivity contribution < 1.29 is 18.1 Å². The van der Waals surface area contributed by atoms with Crippen LogP contribution in [-0.2, 0) is 10.1 Å². The highest BCUT2D eigenvalue weighted by Crippen LogP contribution is 2.35. The predicted octanol–water partition coefficient (Wildman–Crippen LogP) is 4.58. The molecule has 1 fully saturated rings. The van der Waals surface area contributed by atoms with Crippen LogP contribution in [0.15, 0.2) is 59.5 Å². The molecule has 0 spiro atoms. The zero-order valence-electron chi connectivity index (χ0n) is 15.2. The summed E-state index contributed by atoms with van der Waals surface area (Å²) in [5.41, 5.74) is 2.27. The van der Waals surface area contributed by atoms with Gasteiger partial charge >= 0.3 is 0 Å². The Hall–Kier alpha value is -1.69. The van der Waals surface area contributed by atoms with E-state index in [-0.39, 0.29) is 4.90 Å². The van der Waals surface area contributed by atoms with Crippen molar-refractivity contribution in [1.29, 1.82) is 0 Å². The Morgan fingerprint density at radius 2 is 1.54 bits per heavy atom. The van der Waals surface area contributed by atoms with Crippen molar-refractivity contribution in [3.63, 3.8) is 0 Å². The first-order valence-electron chi connectivity index (χ1n) is 9.12. The molecular formula is C21H28O4S. The monoisotopic (exact) mass is 376 g/mol. The molecule has 2 N–H and O–H groups in total. The Bertz CT molecular complexity index is 748. The normalized spacial score (nSPS) is 16.4. The highest BCUT2D eigenvalue weighted by molar-refractivity contribution is 7.85. The summed E-state index contributed by atoms with van der Waals surface area (Å²) in [6, 6.07) is 16.5. The molecule has 2 aromatic rings. The van der Waals surface area contributed by atoms with Gasteiger partial charge in [-0.1, -0.05) is 67.3 Å². The van der Waals surface area contributed by atoms with E-state index < -0.39 is 10.1 Å². The van der Waals surface area contributed by atoms with Crippen LogP contribution < -0.4 is 0 Å². The Balaban J connectivity index is 0.000000197. The van der Waals surface area contributed by atoms with Crippen LogP contribution in [0.2, 0.25) is 0 Å². The van der Waals surface area contributed by atoms with Crippen LogP contribution >= 0.6 is 0 Å². The fraction of sp³-hybridized carbons (Fsp3) is 0.429. The highest BCUT2D eigenvalue weighted by Gasteiger charge is 2.23. The molecule has 0 heterocycles. The molecule has 1 aliphatic carbocycles. The highest BCUT2D eigenvalue weighted by atomic mass is 32.2. The van der Waals surface area contributed by atoms with Crippen LogP contribution in [0.3, 0.4) is 0 Å². The molecule has 0 aromatic heterocycles. The van der Waals surface area contributed by atoms with Gasteiger partial charge in [-0.3, -0.25) is 4.55 Å². The van der Waals surface area contributed by atoms with Crippen molar-refractivity contribution in [2.45, 2.75) is 49.8 Å². The zero-order valence-corrected chi connectivity index (χ0v) is 16.0. The van der Waals surface area contributed by atoms with Gasteiger partial charge in [0, 0.05) is 5.92 Å². The van der Waals surface area contributed by atoms with Crippen molar-refractivity contribution in [3.8, 4) is 0 Å². The van der Waals surface area contributed by atoms with Crippen LogP contribution in [0.1, 0.15) is 49.1 Å². The van der Waals surface area contributed by atoms with E-state index in [4.69, 9.17) is 4.55 Å². The van der Waals surface area contributed by atoms with Crippen molar-refractivity contribution in [1.82, 2.24) is 0 Å². The first-order valence-corrected chi connectivity index (χ1v) is 10.6. The summed E-state index contributed by atoms with van der Waals surface area (Å²) in [5.74, 6) is 1.07. The fourth-order valence-corrected chi connectivity index (χ4v) is 3.95. The van der Waals surface area contributed by atoms with Gasteiger partial charge in [0.1, 0.15) is 0 Å². The van der Waals surface area contributed by atoms with Gasteiger partial charge in [-0.2, -0.15) is 8.42 Å². The first-order chi connectivity index (χ1) is 12.4. The molecule has 26 heavy (non-hydrogen) atoms. The first kappa shape index (κ1) is 20.6. The second kappa shape index (κ2) is 9.86. The number of aliphatic hydroxyl groups is 1. The third-order valence-electron chi connectivity index (χ3n) is 4.96. The Labute approximate surface area is 156 Å². The molecule has 4 nitrogen and oxygen atoms in total. The molecular weight excluding hydrogens is 348 g/mol. The lowest BCUT2D eigenvalue weighted by atomic mass is 9.77. The molecule has 0 radical (unpaired) electrons. The number of hydrogen-bond donors (Lipinski definition) is 2. The minimum atomic E-state index is -4.02. The molecule has 1 unspecified atom stereocenters. The summed E-state index contributed by atoms with van der Waals surface area (Å²) in [6.07, 6.45) is 6.64. The SMILES string of the molecule is Cc1ccc(S(=O)(=O)O)cc1.OCC(c1ccccc1)C1CCCCC1. The molecule has 142 valence electrons. The van der Waals surface area contributed by atoms with Gasteiger partial charge in [-0.15, -0.1) is 0 Å². The van der Waals surface area contributed by atoms with Crippen LogP contribution in [0.4, 0.5) is 0 Å². The fourth-order valence-electron chi connectivity index (χ4n) is 3.47. The van der Waals surface area contributed by atoms with Gasteiger partial charge in [-0.25, -0.2) is 0 Å². The number of hydrogen-bond acceptors (Lipinski definition) is 3. The van der Waals surface area contributed by atoms with E-state index in [2.05, 4.69) is 24.3 Å². The second-order valence-corrected chi connectivity index (χ2v) is 8.31. The third kappa shape index (κ3) is 6.24. The van der Waals surface area contributed by atoms with Crippen molar-refractivity contribution in [3.05, 3.63) is 65.7 Å². The third-order valence-corrected chi connectivity index (χ3v) is 5.83. The van der Waals surface area contributed by atoms with E-state index in [1.165, 1.54) is 49.8 Å². The lowest BCUT2D eigenvalue weighted by Crippen LogP contribution is -2.19. The molecule has 2 aromatic carbocycles. The molecule has 5 heteroatoms. The average molecular weight is 377 g/mol. The predicted molar refractivity (Wildman–Crippen MR) is 104 cm³/mol. The molecule has 1 atom stereocenters. The van der Waals surface area contributed by atoms with Gasteiger partial charge in [-0.05, 0) is 43.4 Å². The molecule has 0 amide bonds. The smallest absolute Gasteiger partial charge is 0.294 e. The van der Waals surface area contributed by atoms with Crippen LogP contribution in [-0.4, -0.2) is 24.7 Å². The second-order valence-electron chi connectivity index (χ2n) is 6.89. The summed E-state index contributed by atoms with van der Waals surface area (Å²) < 4.78 is 29.6. The van der Waals surface area contributed by atoms with Gasteiger partial charge in [0.15, 0.2) is 0 Å². The average Bonchev–Trinajstić information content (AvgIpc) is 2.64. The maximum Gasteiger partial charge on any atom is 0.294 e. The lowest BCUT2D eigenvalue weighted by Gasteiger charge is -2.29. The lowest BCUT2D eigenvalue weighted by molar-refractivity contribution is 0.196. The van der Waals surface area contributed by atoms with Crippen molar-refractivity contribution in [2.24, 2.45) is 5.92 Å². The maximum atomic E-state index is 10.5. The summed E-state index contributed by atoms with van der Waals surface area (Å²) >= 11 is 0. The van der Waals surface area contributed by atoms with E-state index in [9.17, 15) is 13.5 Å². The van der Waals surface area contributed by atoms with Crippen molar-refractivity contribution in [2.75, 3.05) is 6.61 Å². The van der Waals surface area contributed by atoms with Crippen molar-refractivity contribution >= 4 is 10.1 Å². The molecule has 3 rings (SSSR count). The van der Waals surface area contributed by atoms with E-state index in [0.717, 1.165) is 5.56 Å². The van der Waals surface area contributed by atoms with Gasteiger partial charge in [0.25, 0.3) is 10.1 Å². The summed E-state index contributed by atoms with van der Waals surface area (Å²) in [4.78, 5) is -0.0666. The molecule has 0 saturated heterocycles. The minimum absolute atomic E-state index is 0.0666. The van der Waals surface area contributed by atoms with Gasteiger partial charge in [0.2, 0.25) is 0 Å². The van der Waals surface area contributed by atoms with E-state index >= 15 is 0 Å². The molecule has 1 aliphatic rings. The van der Waals surface area contributed by atoms with Crippen LogP contribution in [0.5, 0.6) is 0 Å². The summed E-state index contributed by atoms with van der Waals surface area (Å²) in [6.45, 7) is 2.14. The largest absolute Gasteiger partial charge is 0.396 e. The Morgan fingerprint density at radius 3 is 2.04 bits per heavy atom. The number of aryl methyl sites for hydroxylation is 1. The Morgan fingerprint density at radius 1 is 0.962 bits per heavy atom. The summed E-state index contributed by atoms with van der Waals surface area (Å²) in [5, 5.41) is 9.53. The topological polar surface area (TPSA) is 74.6 Å². The summed E-state index contributed by atoms with van der Waals surface area (Å²) in [7, 11) is -4.02. The maximum absolute atomic E-state index is 10.5. The van der Waals surface area contributed by atoms with E-state index in [1.54, 1.807) is 12.1 Å². The minimum Gasteiger partial charge on any atom is -0.396 e. The van der Waals surface area contributed by atoms with Crippen LogP contribution in [0, 0.1) is 12.8 Å². The van der Waals surface area contributed by atoms with E-state index in [0.29, 0.717) is 18.4 Å². The van der Waals surface area contributed by atoms with Gasteiger partial charge < -0.3 is 5.11 Å². The molecule has 0 bridgehead atoms. The standard InChI is InChI=1S/C14H20O.C7H8O3S/c15-11-14(12-7-3-1-4-8-12)13-9-5-2-6-10-13;1-6-2-4-7(5-3-6)11(8,9)10/h1,3-4,7-8,13-15H,2,5-6,9-11H2;2-5H,1H3,(H,8,9,10). The quantitative estimate of drug-likeness (QED) is 0.766. The number of rotatable bonds is 4. The van der Waals surface area contributed by atoms with Gasteiger partial charge in [0.05, 0.1) is 11.5 Å². The van der Waals surface area contributed by atoms with Crippen LogP contribution in [0.25, 0.3) is 0 Å². The number of aliphatic hydroxyl groups excluding tert-OH is 1.